The zero-order valence-corrected chi connectivity index (χ0v) is 20.8. The van der Waals surface area contributed by atoms with Crippen LogP contribution in [0.2, 0.25) is 10.0 Å². The standard InChI is InChI=1S/C26H25Cl2N3O4/c1-16(33)29-12-18(15-32)26(35-2)23-5-3-4-22(17-6-8-19(27)9-7-17)24(23)25(34)31(26)14-21-11-10-20(28)13-30-21/h3-11,13,18,32H,12,14-15H2,1-2H3,(H,29,33)/t18?,26-/m1/s1. The summed E-state index contributed by atoms with van der Waals surface area (Å²) in [6.45, 7) is 1.27. The molecule has 0 saturated heterocycles. The minimum atomic E-state index is -1.35. The zero-order valence-electron chi connectivity index (χ0n) is 19.3. The third-order valence-corrected chi connectivity index (χ3v) is 6.73. The van der Waals surface area contributed by atoms with Gasteiger partial charge >= 0.3 is 0 Å². The van der Waals surface area contributed by atoms with Gasteiger partial charge in [0.2, 0.25) is 5.91 Å². The Bertz CT molecular complexity index is 1230. The van der Waals surface area contributed by atoms with Gasteiger partial charge in [0.15, 0.2) is 5.72 Å². The summed E-state index contributed by atoms with van der Waals surface area (Å²) in [4.78, 5) is 31.7. The Labute approximate surface area is 213 Å². The van der Waals surface area contributed by atoms with Gasteiger partial charge in [-0.25, -0.2) is 0 Å². The number of hydrogen-bond donors (Lipinski definition) is 2. The number of benzene rings is 2. The highest BCUT2D eigenvalue weighted by molar-refractivity contribution is 6.30. The lowest BCUT2D eigenvalue weighted by atomic mass is 9.86. The highest BCUT2D eigenvalue weighted by Crippen LogP contribution is 2.48. The van der Waals surface area contributed by atoms with Crippen molar-refractivity contribution in [3.05, 3.63) is 87.7 Å². The number of aliphatic hydroxyl groups excluding tert-OH is 1. The predicted octanol–water partition coefficient (Wildman–Crippen LogP) is 4.26. The molecule has 9 heteroatoms. The van der Waals surface area contributed by atoms with Gasteiger partial charge in [-0.1, -0.05) is 53.5 Å². The van der Waals surface area contributed by atoms with E-state index in [0.29, 0.717) is 32.4 Å². The average Bonchev–Trinajstić information content (AvgIpc) is 3.09. The first-order valence-electron chi connectivity index (χ1n) is 11.0. The first kappa shape index (κ1) is 25.1. The molecule has 0 bridgehead atoms. The molecule has 3 aromatic rings. The number of pyridine rings is 1. The molecule has 7 nitrogen and oxygen atoms in total. The second-order valence-electron chi connectivity index (χ2n) is 8.31. The molecule has 0 saturated carbocycles. The van der Waals surface area contributed by atoms with Gasteiger partial charge in [-0.3, -0.25) is 19.5 Å². The van der Waals surface area contributed by atoms with E-state index in [9.17, 15) is 14.7 Å². The van der Waals surface area contributed by atoms with Crippen LogP contribution in [0.5, 0.6) is 0 Å². The molecule has 1 aliphatic rings. The Morgan fingerprint density at radius 3 is 2.46 bits per heavy atom. The summed E-state index contributed by atoms with van der Waals surface area (Å²) < 4.78 is 6.12. The summed E-state index contributed by atoms with van der Waals surface area (Å²) in [5.74, 6) is -1.18. The average molecular weight is 514 g/mol. The highest BCUT2D eigenvalue weighted by Gasteiger charge is 2.55. The fourth-order valence-corrected chi connectivity index (χ4v) is 4.89. The number of aromatic nitrogens is 1. The molecule has 1 aromatic heterocycles. The molecule has 2 amide bonds. The van der Waals surface area contributed by atoms with Crippen LogP contribution < -0.4 is 5.32 Å². The maximum atomic E-state index is 14.1. The Balaban J connectivity index is 1.90. The molecule has 0 aliphatic carbocycles. The Morgan fingerprint density at radius 1 is 1.14 bits per heavy atom. The number of hydrogen-bond acceptors (Lipinski definition) is 5. The Morgan fingerprint density at radius 2 is 1.86 bits per heavy atom. The lowest BCUT2D eigenvalue weighted by Gasteiger charge is -2.43. The molecule has 2 atom stereocenters. The van der Waals surface area contributed by atoms with Gasteiger partial charge in [0.05, 0.1) is 35.3 Å². The number of amides is 2. The molecule has 0 fully saturated rings. The quantitative estimate of drug-likeness (QED) is 0.469. The monoisotopic (exact) mass is 513 g/mol. The molecule has 4 rings (SSSR count). The van der Waals surface area contributed by atoms with Crippen molar-refractivity contribution in [2.45, 2.75) is 19.2 Å². The van der Waals surface area contributed by atoms with Crippen molar-refractivity contribution in [3.63, 3.8) is 0 Å². The number of nitrogens with zero attached hydrogens (tertiary/aromatic N) is 2. The van der Waals surface area contributed by atoms with Crippen LogP contribution in [0.25, 0.3) is 11.1 Å². The minimum Gasteiger partial charge on any atom is -0.396 e. The van der Waals surface area contributed by atoms with E-state index in [1.807, 2.05) is 30.3 Å². The van der Waals surface area contributed by atoms with Gasteiger partial charge < -0.3 is 15.2 Å². The van der Waals surface area contributed by atoms with E-state index in [1.54, 1.807) is 29.2 Å². The fraction of sp³-hybridized carbons (Fsp3) is 0.269. The van der Waals surface area contributed by atoms with Crippen molar-refractivity contribution in [3.8, 4) is 11.1 Å². The van der Waals surface area contributed by atoms with Crippen molar-refractivity contribution in [2.24, 2.45) is 5.92 Å². The molecule has 35 heavy (non-hydrogen) atoms. The lowest BCUT2D eigenvalue weighted by molar-refractivity contribution is -0.167. The number of carbonyl (C=O) groups excluding carboxylic acids is 2. The van der Waals surface area contributed by atoms with E-state index in [-0.39, 0.29) is 31.5 Å². The molecule has 1 unspecified atom stereocenters. The van der Waals surface area contributed by atoms with Gasteiger partial charge in [-0.05, 0) is 35.4 Å². The number of aliphatic hydroxyl groups is 1. The van der Waals surface area contributed by atoms with Crippen LogP contribution in [0.4, 0.5) is 0 Å². The zero-order chi connectivity index (χ0) is 25.2. The second kappa shape index (κ2) is 10.3. The van der Waals surface area contributed by atoms with Crippen molar-refractivity contribution in [1.29, 1.82) is 0 Å². The number of carbonyl (C=O) groups is 2. The van der Waals surface area contributed by atoms with Crippen LogP contribution >= 0.6 is 23.2 Å². The smallest absolute Gasteiger partial charge is 0.257 e. The first-order chi connectivity index (χ1) is 16.8. The van der Waals surface area contributed by atoms with Crippen molar-refractivity contribution >= 4 is 35.0 Å². The van der Waals surface area contributed by atoms with Gasteiger partial charge in [0.25, 0.3) is 5.91 Å². The lowest BCUT2D eigenvalue weighted by Crippen LogP contribution is -2.54. The SMILES string of the molecule is CO[C@]1(C(CO)CNC(C)=O)c2cccc(-c3ccc(Cl)cc3)c2C(=O)N1Cc1ccc(Cl)cn1. The van der Waals surface area contributed by atoms with Gasteiger partial charge in [0.1, 0.15) is 0 Å². The number of nitrogens with one attached hydrogen (secondary N) is 1. The molecule has 2 heterocycles. The number of rotatable bonds is 8. The second-order valence-corrected chi connectivity index (χ2v) is 9.18. The maximum Gasteiger partial charge on any atom is 0.257 e. The van der Waals surface area contributed by atoms with Crippen molar-refractivity contribution < 1.29 is 19.4 Å². The molecular formula is C26H25Cl2N3O4. The fourth-order valence-electron chi connectivity index (χ4n) is 4.65. The number of halogens is 2. The minimum absolute atomic E-state index is 0.0993. The summed E-state index contributed by atoms with van der Waals surface area (Å²) in [7, 11) is 1.50. The maximum absolute atomic E-state index is 14.1. The Kier molecular flexibility index (Phi) is 7.42. The van der Waals surface area contributed by atoms with Crippen LogP contribution in [0, 0.1) is 5.92 Å². The van der Waals surface area contributed by atoms with Crippen LogP contribution in [-0.2, 0) is 21.8 Å². The van der Waals surface area contributed by atoms with Gasteiger partial charge in [-0.2, -0.15) is 0 Å². The molecule has 182 valence electrons. The topological polar surface area (TPSA) is 91.8 Å². The molecular weight excluding hydrogens is 489 g/mol. The van der Waals surface area contributed by atoms with E-state index in [0.717, 1.165) is 5.56 Å². The predicted molar refractivity (Wildman–Crippen MR) is 134 cm³/mol. The van der Waals surface area contributed by atoms with Crippen LogP contribution in [-0.4, -0.2) is 47.1 Å². The van der Waals surface area contributed by atoms with Crippen LogP contribution in [0.15, 0.2) is 60.8 Å². The van der Waals surface area contributed by atoms with Crippen molar-refractivity contribution in [2.75, 3.05) is 20.3 Å². The van der Waals surface area contributed by atoms with E-state index in [2.05, 4.69) is 10.3 Å². The Hall–Kier alpha value is -2.97. The van der Waals surface area contributed by atoms with Crippen LogP contribution in [0.1, 0.15) is 28.5 Å². The molecule has 2 aromatic carbocycles. The highest BCUT2D eigenvalue weighted by atomic mass is 35.5. The molecule has 2 N–H and O–H groups in total. The number of methoxy groups -OCH3 is 1. The summed E-state index contributed by atoms with van der Waals surface area (Å²) in [6.07, 6.45) is 1.51. The van der Waals surface area contributed by atoms with Gasteiger partial charge in [0, 0.05) is 37.4 Å². The third kappa shape index (κ3) is 4.65. The van der Waals surface area contributed by atoms with E-state index < -0.39 is 11.6 Å². The third-order valence-electron chi connectivity index (χ3n) is 6.26. The number of ether oxygens (including phenoxy) is 1. The van der Waals surface area contributed by atoms with E-state index in [4.69, 9.17) is 27.9 Å². The summed E-state index contributed by atoms with van der Waals surface area (Å²) in [6, 6.07) is 16.2. The molecule has 0 spiro atoms. The molecule has 0 radical (unpaired) electrons. The first-order valence-corrected chi connectivity index (χ1v) is 11.8. The van der Waals surface area contributed by atoms with Crippen LogP contribution in [0.3, 0.4) is 0 Å². The largest absolute Gasteiger partial charge is 0.396 e. The summed E-state index contributed by atoms with van der Waals surface area (Å²) >= 11 is 12.1. The number of fused-ring (bicyclic) bond motifs is 1. The summed E-state index contributed by atoms with van der Waals surface area (Å²) in [5, 5.41) is 14.3. The summed E-state index contributed by atoms with van der Waals surface area (Å²) in [5.41, 5.74) is 1.85. The van der Waals surface area contributed by atoms with Gasteiger partial charge in [-0.15, -0.1) is 0 Å². The molecule has 1 aliphatic heterocycles. The van der Waals surface area contributed by atoms with E-state index >= 15 is 0 Å². The normalized spacial score (nSPS) is 17.9. The van der Waals surface area contributed by atoms with Crippen molar-refractivity contribution in [1.82, 2.24) is 15.2 Å². The van der Waals surface area contributed by atoms with E-state index in [1.165, 1.54) is 20.2 Å².